The summed E-state index contributed by atoms with van der Waals surface area (Å²) < 4.78 is 40.1. The molecule has 2 aliphatic heterocycles. The van der Waals surface area contributed by atoms with E-state index in [4.69, 9.17) is 0 Å². The second kappa shape index (κ2) is 7.83. The number of aromatic amines is 1. The number of nitrogens with zero attached hydrogens (tertiary/aromatic N) is 1. The van der Waals surface area contributed by atoms with E-state index in [0.717, 1.165) is 44.5 Å². The number of carbonyl (C=O) groups is 2. The van der Waals surface area contributed by atoms with Crippen molar-refractivity contribution in [3.63, 3.8) is 0 Å². The zero-order valence-corrected chi connectivity index (χ0v) is 21.1. The minimum absolute atomic E-state index is 0.0206. The highest BCUT2D eigenvalue weighted by Crippen LogP contribution is 2.68. The van der Waals surface area contributed by atoms with E-state index in [-0.39, 0.29) is 39.5 Å². The van der Waals surface area contributed by atoms with Crippen LogP contribution in [0.15, 0.2) is 58.4 Å². The van der Waals surface area contributed by atoms with E-state index in [2.05, 4.69) is 17.1 Å². The number of nitrogens with one attached hydrogen (secondary N) is 1. The maximum atomic E-state index is 13.7. The number of amides is 2. The maximum Gasteiger partial charge on any atom is 0.416 e. The molecule has 0 radical (unpaired) electrons. The first-order valence-corrected chi connectivity index (χ1v) is 13.8. The number of anilines is 1. The van der Waals surface area contributed by atoms with Gasteiger partial charge < -0.3 is 4.98 Å². The van der Waals surface area contributed by atoms with Crippen molar-refractivity contribution in [1.29, 1.82) is 0 Å². The summed E-state index contributed by atoms with van der Waals surface area (Å²) in [5.74, 6) is -2.11. The van der Waals surface area contributed by atoms with E-state index in [1.807, 2.05) is 19.1 Å². The third kappa shape index (κ3) is 3.27. The highest BCUT2D eigenvalue weighted by atomic mass is 32.2. The molecule has 1 N–H and O–H groups in total. The predicted molar refractivity (Wildman–Crippen MR) is 134 cm³/mol. The van der Waals surface area contributed by atoms with Crippen LogP contribution in [0.1, 0.15) is 33.9 Å². The number of aryl methyl sites for hydroxylation is 1. The molecular weight excluding hydrogens is 521 g/mol. The first kappa shape index (κ1) is 23.3. The van der Waals surface area contributed by atoms with E-state index in [9.17, 15) is 27.6 Å². The van der Waals surface area contributed by atoms with Gasteiger partial charge in [0.25, 0.3) is 0 Å². The summed E-state index contributed by atoms with van der Waals surface area (Å²) in [6, 6.07) is 12.7. The quantitative estimate of drug-likeness (QED) is 0.438. The van der Waals surface area contributed by atoms with Crippen molar-refractivity contribution < 1.29 is 22.8 Å². The van der Waals surface area contributed by atoms with Crippen LogP contribution in [0.4, 0.5) is 18.9 Å². The molecule has 1 aromatic heterocycles. The molecular formula is C27H21F3N2O3S2. The van der Waals surface area contributed by atoms with Gasteiger partial charge in [-0.05, 0) is 54.9 Å². The summed E-state index contributed by atoms with van der Waals surface area (Å²) in [6.45, 7) is 2.01. The zero-order valence-electron chi connectivity index (χ0n) is 19.5. The molecule has 7 atom stereocenters. The first-order valence-electron chi connectivity index (χ1n) is 12.1. The number of thiazole rings is 1. The topological polar surface area (TPSA) is 70.2 Å². The molecule has 37 heavy (non-hydrogen) atoms. The number of imide groups is 1. The summed E-state index contributed by atoms with van der Waals surface area (Å²) in [4.78, 5) is 44.5. The van der Waals surface area contributed by atoms with Gasteiger partial charge in [0.15, 0.2) is 0 Å². The van der Waals surface area contributed by atoms with Crippen LogP contribution < -0.4 is 9.77 Å². The largest absolute Gasteiger partial charge is 0.416 e. The normalized spacial score (nSPS) is 32.0. The van der Waals surface area contributed by atoms with Gasteiger partial charge in [0.1, 0.15) is 0 Å². The molecule has 10 heteroatoms. The molecule has 4 aliphatic rings. The van der Waals surface area contributed by atoms with Crippen molar-refractivity contribution in [1.82, 2.24) is 4.98 Å². The fourth-order valence-corrected chi connectivity index (χ4v) is 10.1. The molecule has 0 unspecified atom stereocenters. The van der Waals surface area contributed by atoms with E-state index >= 15 is 0 Å². The van der Waals surface area contributed by atoms with Crippen molar-refractivity contribution in [2.45, 2.75) is 35.7 Å². The third-order valence-corrected chi connectivity index (χ3v) is 11.2. The number of alkyl halides is 3. The second-order valence-electron chi connectivity index (χ2n) is 10.4. The van der Waals surface area contributed by atoms with Crippen LogP contribution in [0.2, 0.25) is 0 Å². The van der Waals surface area contributed by atoms with Gasteiger partial charge in [0.05, 0.1) is 28.1 Å². The first-order chi connectivity index (χ1) is 17.6. The lowest BCUT2D eigenvalue weighted by Crippen LogP contribution is -2.42. The predicted octanol–water partition coefficient (Wildman–Crippen LogP) is 5.44. The molecule has 2 aliphatic carbocycles. The number of hydrogen-bond acceptors (Lipinski definition) is 5. The van der Waals surface area contributed by atoms with Crippen molar-refractivity contribution >= 4 is 40.6 Å². The van der Waals surface area contributed by atoms with E-state index in [0.29, 0.717) is 0 Å². The standard InChI is InChI=1S/C27H21F3N2O3S2/c1-11-5-7-12(8-6-11)17-18-15-10-16(21(18)36-23-22(17)37-26(35)31-23)20-19(15)24(33)32(25(20)34)14-4-2-3-13(9-14)27(28,29)30/h2-9,15-21H,10H2,1H3,(H,31,35)/t15-,16+,17+,18+,19+,20+,21-/m1/s1. The monoisotopic (exact) mass is 542 g/mol. The number of carbonyl (C=O) groups excluding carboxylic acids is 2. The van der Waals surface area contributed by atoms with Gasteiger partial charge in [-0.1, -0.05) is 47.2 Å². The number of thioether (sulfide) groups is 1. The molecule has 190 valence electrons. The number of rotatable bonds is 2. The number of hydrogen-bond donors (Lipinski definition) is 1. The van der Waals surface area contributed by atoms with Crippen LogP contribution in [0.25, 0.3) is 0 Å². The molecule has 3 heterocycles. The number of benzene rings is 2. The van der Waals surface area contributed by atoms with Crippen LogP contribution in [0.5, 0.6) is 0 Å². The fraction of sp³-hybridized carbons (Fsp3) is 0.370. The summed E-state index contributed by atoms with van der Waals surface area (Å²) in [5.41, 5.74) is 1.29. The highest BCUT2D eigenvalue weighted by molar-refractivity contribution is 8.00. The van der Waals surface area contributed by atoms with Crippen molar-refractivity contribution in [3.8, 4) is 0 Å². The molecule has 5 nitrogen and oxygen atoms in total. The fourth-order valence-electron chi connectivity index (χ4n) is 7.24. The van der Waals surface area contributed by atoms with E-state index in [1.165, 1.54) is 23.5 Å². The average molecular weight is 543 g/mol. The Morgan fingerprint density at radius 1 is 0.973 bits per heavy atom. The Balaban J connectivity index is 1.30. The van der Waals surface area contributed by atoms with Gasteiger partial charge in [0, 0.05) is 16.0 Å². The Morgan fingerprint density at radius 3 is 2.38 bits per heavy atom. The molecule has 2 amide bonds. The van der Waals surface area contributed by atoms with Gasteiger partial charge >= 0.3 is 11.0 Å². The van der Waals surface area contributed by atoms with Gasteiger partial charge in [-0.15, -0.1) is 11.8 Å². The minimum atomic E-state index is -4.57. The molecule has 2 bridgehead atoms. The Bertz CT molecular complexity index is 1510. The number of H-pyrrole nitrogens is 1. The third-order valence-electron chi connectivity index (χ3n) is 8.59. The Labute approximate surface area is 218 Å². The zero-order chi connectivity index (χ0) is 25.8. The maximum absolute atomic E-state index is 13.7. The lowest BCUT2D eigenvalue weighted by Gasteiger charge is -2.43. The van der Waals surface area contributed by atoms with Crippen molar-refractivity contribution in [3.05, 3.63) is 79.8 Å². The SMILES string of the molecule is Cc1ccc([C@@H]2c3sc(=O)[nH]c3S[C@@H]3[C@H]4C[C@@H]([C@@H]5C(=O)N(c6cccc(C(F)(F)F)c6)C(=O)[C@@H]45)[C@@H]23)cc1. The summed E-state index contributed by atoms with van der Waals surface area (Å²) in [6.07, 6.45) is -3.84. The second-order valence-corrected chi connectivity index (χ2v) is 12.6. The summed E-state index contributed by atoms with van der Waals surface area (Å²) in [5, 5.41) is 0.867. The van der Waals surface area contributed by atoms with Gasteiger partial charge in [-0.3, -0.25) is 19.3 Å². The Hall–Kier alpha value is -2.85. The van der Waals surface area contributed by atoms with Crippen LogP contribution in [-0.4, -0.2) is 22.0 Å². The lowest BCUT2D eigenvalue weighted by molar-refractivity contribution is -0.137. The van der Waals surface area contributed by atoms with Crippen LogP contribution >= 0.6 is 23.1 Å². The van der Waals surface area contributed by atoms with Gasteiger partial charge in [-0.25, -0.2) is 0 Å². The van der Waals surface area contributed by atoms with Crippen LogP contribution in [0, 0.1) is 36.5 Å². The average Bonchev–Trinajstić information content (AvgIpc) is 3.58. The molecule has 3 fully saturated rings. The number of halogens is 3. The highest BCUT2D eigenvalue weighted by Gasteiger charge is 2.69. The summed E-state index contributed by atoms with van der Waals surface area (Å²) >= 11 is 2.79. The minimum Gasteiger partial charge on any atom is -0.307 e. The summed E-state index contributed by atoms with van der Waals surface area (Å²) in [7, 11) is 0. The van der Waals surface area contributed by atoms with Crippen LogP contribution in [-0.2, 0) is 15.8 Å². The number of fused-ring (bicyclic) bond motifs is 9. The molecule has 2 saturated carbocycles. The van der Waals surface area contributed by atoms with Crippen molar-refractivity contribution in [2.24, 2.45) is 29.6 Å². The van der Waals surface area contributed by atoms with E-state index in [1.54, 1.807) is 11.8 Å². The van der Waals surface area contributed by atoms with Gasteiger partial charge in [-0.2, -0.15) is 13.2 Å². The smallest absolute Gasteiger partial charge is 0.307 e. The Morgan fingerprint density at radius 2 is 1.68 bits per heavy atom. The van der Waals surface area contributed by atoms with E-state index < -0.39 is 35.4 Å². The molecule has 1 saturated heterocycles. The molecule has 3 aromatic rings. The Kier molecular flexibility index (Phi) is 4.93. The van der Waals surface area contributed by atoms with Crippen LogP contribution in [0.3, 0.4) is 0 Å². The lowest BCUT2D eigenvalue weighted by atomic mass is 9.68. The van der Waals surface area contributed by atoms with Gasteiger partial charge in [0.2, 0.25) is 11.8 Å². The number of aromatic nitrogens is 1. The molecule has 0 spiro atoms. The molecule has 7 rings (SSSR count). The molecule has 2 aromatic carbocycles. The van der Waals surface area contributed by atoms with Crippen molar-refractivity contribution in [2.75, 3.05) is 4.90 Å².